The molecular weight excluding hydrogens is 492 g/mol. The number of allylic oxidation sites excluding steroid dienone is 1. The van der Waals surface area contributed by atoms with Crippen molar-refractivity contribution < 1.29 is 26.4 Å². The third-order valence-corrected chi connectivity index (χ3v) is 9.12. The molecule has 10 nitrogen and oxygen atoms in total. The van der Waals surface area contributed by atoms with Gasteiger partial charge in [-0.1, -0.05) is 26.0 Å². The first-order valence-corrected chi connectivity index (χ1v) is 14.9. The third-order valence-electron chi connectivity index (χ3n) is 7.19. The van der Waals surface area contributed by atoms with Crippen molar-refractivity contribution in [2.24, 2.45) is 34.0 Å². The summed E-state index contributed by atoms with van der Waals surface area (Å²) in [4.78, 5) is 28.9. The Bertz CT molecular complexity index is 1380. The first-order valence-electron chi connectivity index (χ1n) is 11.6. The van der Waals surface area contributed by atoms with E-state index >= 15 is 0 Å². The monoisotopic (exact) mass is 520 g/mol. The van der Waals surface area contributed by atoms with E-state index in [4.69, 9.17) is 0 Å². The van der Waals surface area contributed by atoms with Crippen LogP contribution in [0, 0.1) is 29.6 Å². The lowest BCUT2D eigenvalue weighted by Crippen LogP contribution is -2.61. The average Bonchev–Trinajstić information content (AvgIpc) is 3.35. The van der Waals surface area contributed by atoms with E-state index in [-0.39, 0.29) is 51.7 Å². The van der Waals surface area contributed by atoms with Gasteiger partial charge in [-0.2, -0.15) is 8.42 Å². The standard InChI is InChI=1S/C23H28N4O6S2/c1-12(2)8-9-27-20-14-5-4-13(10-14)18(20)21(28)19(23(27)29)22-24-16-7-6-15(25-34(3,30)31)11-17(16)35(32,33)26-22/h4-7,11-14,18-20,25H,8-10H2,1-3H3,(H,24,26). The van der Waals surface area contributed by atoms with Gasteiger partial charge in [0.1, 0.15) is 10.7 Å². The minimum atomic E-state index is -4.29. The van der Waals surface area contributed by atoms with Crippen molar-refractivity contribution in [1.29, 1.82) is 0 Å². The van der Waals surface area contributed by atoms with Gasteiger partial charge in [-0.3, -0.25) is 14.3 Å². The molecule has 4 aliphatic rings. The summed E-state index contributed by atoms with van der Waals surface area (Å²) < 4.78 is 55.3. The molecule has 188 valence electrons. The number of sulfonamides is 2. The fraction of sp³-hybridized carbons (Fsp3) is 0.522. The van der Waals surface area contributed by atoms with Crippen LogP contribution in [-0.4, -0.2) is 58.1 Å². The molecule has 0 spiro atoms. The van der Waals surface area contributed by atoms with E-state index in [9.17, 15) is 26.4 Å². The molecule has 5 unspecified atom stereocenters. The second-order valence-electron chi connectivity index (χ2n) is 10.2. The molecule has 35 heavy (non-hydrogen) atoms. The number of benzene rings is 1. The third kappa shape index (κ3) is 4.16. The maximum Gasteiger partial charge on any atom is 0.286 e. The molecule has 1 amide bonds. The summed E-state index contributed by atoms with van der Waals surface area (Å²) in [5, 5.41) is 2.89. The lowest BCUT2D eigenvalue weighted by molar-refractivity contribution is -0.151. The molecule has 1 saturated heterocycles. The van der Waals surface area contributed by atoms with Gasteiger partial charge in [-0.25, -0.2) is 8.42 Å². The van der Waals surface area contributed by atoms with E-state index < -0.39 is 31.9 Å². The molecule has 1 saturated carbocycles. The normalized spacial score (nSPS) is 30.7. The van der Waals surface area contributed by atoms with Gasteiger partial charge in [0.25, 0.3) is 10.0 Å². The number of ketones is 1. The number of carbonyl (C=O) groups is 2. The molecule has 2 aliphatic heterocycles. The van der Waals surface area contributed by atoms with Gasteiger partial charge >= 0.3 is 0 Å². The first kappa shape index (κ1) is 24.0. The summed E-state index contributed by atoms with van der Waals surface area (Å²) in [5.74, 6) is -2.08. The quantitative estimate of drug-likeness (QED) is 0.430. The van der Waals surface area contributed by atoms with Crippen LogP contribution in [0.2, 0.25) is 0 Å². The molecule has 2 N–H and O–H groups in total. The molecule has 5 rings (SSSR count). The number of fused-ring (bicyclic) bond motifs is 6. The number of carbonyl (C=O) groups excluding carboxylic acids is 2. The van der Waals surface area contributed by atoms with Crippen molar-refractivity contribution in [2.45, 2.75) is 37.6 Å². The Labute approximate surface area is 205 Å². The predicted molar refractivity (Wildman–Crippen MR) is 131 cm³/mol. The fourth-order valence-electron chi connectivity index (χ4n) is 5.72. The minimum Gasteiger partial charge on any atom is -0.341 e. The maximum atomic E-state index is 13.7. The van der Waals surface area contributed by atoms with Crippen LogP contribution in [0.25, 0.3) is 0 Å². The van der Waals surface area contributed by atoms with E-state index in [1.165, 1.54) is 12.1 Å². The topological polar surface area (TPSA) is 142 Å². The van der Waals surface area contributed by atoms with Crippen molar-refractivity contribution in [3.05, 3.63) is 30.4 Å². The van der Waals surface area contributed by atoms with Crippen LogP contribution in [-0.2, 0) is 29.6 Å². The van der Waals surface area contributed by atoms with E-state index in [0.717, 1.165) is 25.2 Å². The Morgan fingerprint density at radius 3 is 2.60 bits per heavy atom. The highest BCUT2D eigenvalue weighted by Gasteiger charge is 2.59. The van der Waals surface area contributed by atoms with Crippen LogP contribution in [0.15, 0.2) is 39.6 Å². The number of piperidine rings is 1. The van der Waals surface area contributed by atoms with Crippen LogP contribution in [0.5, 0.6) is 0 Å². The number of Topliss-reactive ketones (excluding diaryl/α,β-unsaturated/α-hetero) is 1. The molecule has 5 atom stereocenters. The highest BCUT2D eigenvalue weighted by Crippen LogP contribution is 2.50. The second-order valence-corrected chi connectivity index (χ2v) is 13.5. The zero-order valence-corrected chi connectivity index (χ0v) is 21.3. The molecule has 12 heteroatoms. The summed E-state index contributed by atoms with van der Waals surface area (Å²) >= 11 is 0. The van der Waals surface area contributed by atoms with Gasteiger partial charge in [-0.15, -0.1) is 4.40 Å². The molecule has 1 aromatic rings. The molecule has 2 aliphatic carbocycles. The van der Waals surface area contributed by atoms with Crippen LogP contribution in [0.1, 0.15) is 26.7 Å². The highest BCUT2D eigenvalue weighted by atomic mass is 32.2. The largest absolute Gasteiger partial charge is 0.341 e. The number of anilines is 2. The maximum absolute atomic E-state index is 13.7. The van der Waals surface area contributed by atoms with Crippen molar-refractivity contribution in [1.82, 2.24) is 4.90 Å². The van der Waals surface area contributed by atoms with Crippen molar-refractivity contribution >= 4 is 48.9 Å². The predicted octanol–water partition coefficient (Wildman–Crippen LogP) is 1.84. The van der Waals surface area contributed by atoms with Crippen LogP contribution in [0.3, 0.4) is 0 Å². The molecule has 2 bridgehead atoms. The van der Waals surface area contributed by atoms with Crippen molar-refractivity contribution in [2.75, 3.05) is 22.8 Å². The van der Waals surface area contributed by atoms with Gasteiger partial charge in [0.2, 0.25) is 15.9 Å². The summed E-state index contributed by atoms with van der Waals surface area (Å²) in [6.07, 6.45) is 6.67. The van der Waals surface area contributed by atoms with Gasteiger partial charge in [0.15, 0.2) is 11.7 Å². The number of nitrogens with one attached hydrogen (secondary N) is 2. The van der Waals surface area contributed by atoms with Crippen LogP contribution in [0.4, 0.5) is 11.4 Å². The number of rotatable bonds is 6. The van der Waals surface area contributed by atoms with Gasteiger partial charge < -0.3 is 10.2 Å². The Morgan fingerprint density at radius 2 is 1.91 bits per heavy atom. The molecule has 0 radical (unpaired) electrons. The Morgan fingerprint density at radius 1 is 1.20 bits per heavy atom. The Hall–Kier alpha value is -2.73. The second kappa shape index (κ2) is 8.16. The summed E-state index contributed by atoms with van der Waals surface area (Å²) in [7, 11) is -7.90. The summed E-state index contributed by atoms with van der Waals surface area (Å²) in [6, 6.07) is 3.76. The highest BCUT2D eigenvalue weighted by molar-refractivity contribution is 7.92. The number of hydrogen-bond donors (Lipinski definition) is 2. The molecule has 1 aromatic carbocycles. The number of amides is 1. The fourth-order valence-corrected chi connectivity index (χ4v) is 7.45. The lowest BCUT2D eigenvalue weighted by atomic mass is 9.75. The van der Waals surface area contributed by atoms with Gasteiger partial charge in [0, 0.05) is 24.2 Å². The summed E-state index contributed by atoms with van der Waals surface area (Å²) in [5.41, 5.74) is 0.204. The van der Waals surface area contributed by atoms with Crippen molar-refractivity contribution in [3.63, 3.8) is 0 Å². The van der Waals surface area contributed by atoms with Crippen molar-refractivity contribution in [3.8, 4) is 0 Å². The molecule has 0 aromatic heterocycles. The SMILES string of the molecule is CC(C)CCN1C(=O)C(C2=NS(=O)(=O)c3cc(NS(C)(=O)=O)ccc3N2)C(=O)C2C3C=CC(C3)C21. The number of likely N-dealkylation sites (tertiary alicyclic amines) is 1. The summed E-state index contributed by atoms with van der Waals surface area (Å²) in [6.45, 7) is 4.63. The van der Waals surface area contributed by atoms with Gasteiger partial charge in [-0.05, 0) is 48.8 Å². The number of nitrogens with zero attached hydrogens (tertiary/aromatic N) is 2. The molecular formula is C23H28N4O6S2. The Balaban J connectivity index is 1.51. The van der Waals surface area contributed by atoms with E-state index in [0.29, 0.717) is 12.5 Å². The van der Waals surface area contributed by atoms with E-state index in [1.807, 2.05) is 6.08 Å². The van der Waals surface area contributed by atoms with Gasteiger partial charge in [0.05, 0.1) is 11.9 Å². The van der Waals surface area contributed by atoms with Crippen LogP contribution < -0.4 is 10.0 Å². The average molecular weight is 521 g/mol. The lowest BCUT2D eigenvalue weighted by Gasteiger charge is -2.44. The number of amidine groups is 1. The molecule has 2 fully saturated rings. The zero-order valence-electron chi connectivity index (χ0n) is 19.6. The minimum absolute atomic E-state index is 0.0346. The smallest absolute Gasteiger partial charge is 0.286 e. The van der Waals surface area contributed by atoms with E-state index in [2.05, 4.69) is 34.4 Å². The van der Waals surface area contributed by atoms with Crippen LogP contribution >= 0.6 is 0 Å². The van der Waals surface area contributed by atoms with E-state index in [1.54, 1.807) is 4.90 Å². The first-order chi connectivity index (χ1) is 16.4. The zero-order chi connectivity index (χ0) is 25.3. The molecule has 2 heterocycles. The Kier molecular flexibility index (Phi) is 5.59. The number of hydrogen-bond acceptors (Lipinski definition) is 7.